The van der Waals surface area contributed by atoms with Crippen molar-refractivity contribution < 1.29 is 0 Å². The lowest BCUT2D eigenvalue weighted by Crippen LogP contribution is -2.23. The van der Waals surface area contributed by atoms with Crippen LogP contribution in [0, 0.1) is 5.92 Å². The highest BCUT2D eigenvalue weighted by atomic mass is 35.5. The van der Waals surface area contributed by atoms with Crippen LogP contribution in [0.25, 0.3) is 0 Å². The molecule has 2 rings (SSSR count). The van der Waals surface area contributed by atoms with E-state index >= 15 is 0 Å². The first-order chi connectivity index (χ1) is 8.25. The van der Waals surface area contributed by atoms with Gasteiger partial charge < -0.3 is 5.32 Å². The fraction of sp³-hybridized carbons (Fsp3) is 0.571. The van der Waals surface area contributed by atoms with Gasteiger partial charge in [0.25, 0.3) is 0 Å². The average molecular weight is 272 g/mol. The van der Waals surface area contributed by atoms with E-state index in [4.69, 9.17) is 23.2 Å². The second-order valence-corrected chi connectivity index (χ2v) is 5.68. The van der Waals surface area contributed by atoms with Crippen molar-refractivity contribution in [1.82, 2.24) is 5.32 Å². The summed E-state index contributed by atoms with van der Waals surface area (Å²) in [5.74, 6) is 0.899. The van der Waals surface area contributed by atoms with Gasteiger partial charge in [-0.25, -0.2) is 0 Å². The molecule has 0 bridgehead atoms. The van der Waals surface area contributed by atoms with Crippen molar-refractivity contribution in [3.63, 3.8) is 0 Å². The summed E-state index contributed by atoms with van der Waals surface area (Å²) in [6, 6.07) is 5.73. The molecule has 0 saturated heterocycles. The van der Waals surface area contributed by atoms with E-state index < -0.39 is 0 Å². The molecule has 1 aromatic carbocycles. The predicted octanol–water partition coefficient (Wildman–Crippen LogP) is 4.32. The highest BCUT2D eigenvalue weighted by Crippen LogP contribution is 2.24. The minimum atomic E-state index is 0.706. The van der Waals surface area contributed by atoms with Crippen LogP contribution < -0.4 is 5.32 Å². The topological polar surface area (TPSA) is 12.0 Å². The molecular formula is C14H19Cl2N. The van der Waals surface area contributed by atoms with Gasteiger partial charge in [-0.05, 0) is 56.0 Å². The third-order valence-corrected chi connectivity index (χ3v) is 4.08. The van der Waals surface area contributed by atoms with Crippen LogP contribution in [-0.2, 0) is 6.42 Å². The van der Waals surface area contributed by atoms with Crippen LogP contribution >= 0.6 is 23.2 Å². The Kier molecular flexibility index (Phi) is 5.15. The van der Waals surface area contributed by atoms with Gasteiger partial charge in [0.05, 0.1) is 0 Å². The molecule has 0 unspecified atom stereocenters. The van der Waals surface area contributed by atoms with Gasteiger partial charge in [-0.2, -0.15) is 0 Å². The molecule has 1 fully saturated rings. The lowest BCUT2D eigenvalue weighted by molar-refractivity contribution is 0.492. The number of hydrogen-bond acceptors (Lipinski definition) is 1. The Labute approximate surface area is 114 Å². The van der Waals surface area contributed by atoms with Gasteiger partial charge in [0.15, 0.2) is 0 Å². The molecule has 0 amide bonds. The van der Waals surface area contributed by atoms with Gasteiger partial charge >= 0.3 is 0 Å². The van der Waals surface area contributed by atoms with Gasteiger partial charge in [-0.1, -0.05) is 42.1 Å². The molecule has 0 aromatic heterocycles. The van der Waals surface area contributed by atoms with Crippen LogP contribution in [-0.4, -0.2) is 13.1 Å². The number of benzene rings is 1. The third kappa shape index (κ3) is 4.17. The summed E-state index contributed by atoms with van der Waals surface area (Å²) in [5.41, 5.74) is 1.18. The maximum absolute atomic E-state index is 6.12. The van der Waals surface area contributed by atoms with Crippen molar-refractivity contribution in [2.45, 2.75) is 32.1 Å². The lowest BCUT2D eigenvalue weighted by Gasteiger charge is -2.11. The molecule has 17 heavy (non-hydrogen) atoms. The maximum Gasteiger partial charge on any atom is 0.0453 e. The smallest absolute Gasteiger partial charge is 0.0453 e. The summed E-state index contributed by atoms with van der Waals surface area (Å²) >= 11 is 12.0. The number of rotatable bonds is 5. The molecule has 1 aliphatic rings. The molecule has 0 radical (unpaired) electrons. The monoisotopic (exact) mass is 271 g/mol. The van der Waals surface area contributed by atoms with E-state index in [0.29, 0.717) is 5.02 Å². The molecule has 1 saturated carbocycles. The zero-order valence-corrected chi connectivity index (χ0v) is 11.5. The summed E-state index contributed by atoms with van der Waals surface area (Å²) in [7, 11) is 0. The normalized spacial score (nSPS) is 16.6. The highest BCUT2D eigenvalue weighted by Gasteiger charge is 2.13. The standard InChI is InChI=1S/C14H19Cl2N/c15-13-6-5-12(14(16)9-13)7-8-17-10-11-3-1-2-4-11/h5-6,9,11,17H,1-4,7-8,10H2. The zero-order chi connectivity index (χ0) is 12.1. The number of halogens is 2. The Morgan fingerprint density at radius 3 is 2.65 bits per heavy atom. The van der Waals surface area contributed by atoms with Gasteiger partial charge in [-0.3, -0.25) is 0 Å². The quantitative estimate of drug-likeness (QED) is 0.787. The second-order valence-electron chi connectivity index (χ2n) is 4.84. The molecule has 1 aliphatic carbocycles. The first kappa shape index (κ1) is 13.2. The minimum Gasteiger partial charge on any atom is -0.316 e. The van der Waals surface area contributed by atoms with Crippen molar-refractivity contribution in [1.29, 1.82) is 0 Å². The van der Waals surface area contributed by atoms with Crippen molar-refractivity contribution in [2.75, 3.05) is 13.1 Å². The number of nitrogens with one attached hydrogen (secondary N) is 1. The molecular weight excluding hydrogens is 253 g/mol. The largest absolute Gasteiger partial charge is 0.316 e. The Bertz CT molecular complexity index is 359. The maximum atomic E-state index is 6.12. The molecule has 94 valence electrons. The molecule has 1 aromatic rings. The second kappa shape index (κ2) is 6.63. The van der Waals surface area contributed by atoms with E-state index in [9.17, 15) is 0 Å². The van der Waals surface area contributed by atoms with E-state index in [0.717, 1.165) is 30.5 Å². The highest BCUT2D eigenvalue weighted by molar-refractivity contribution is 6.35. The van der Waals surface area contributed by atoms with Crippen molar-refractivity contribution >= 4 is 23.2 Å². The van der Waals surface area contributed by atoms with Crippen molar-refractivity contribution in [3.8, 4) is 0 Å². The lowest BCUT2D eigenvalue weighted by atomic mass is 10.1. The Balaban J connectivity index is 1.70. The molecule has 1 N–H and O–H groups in total. The molecule has 0 aliphatic heterocycles. The first-order valence-corrected chi connectivity index (χ1v) is 7.16. The van der Waals surface area contributed by atoms with E-state index in [1.165, 1.54) is 31.2 Å². The van der Waals surface area contributed by atoms with Crippen LogP contribution in [0.2, 0.25) is 10.0 Å². The molecule has 0 spiro atoms. The summed E-state index contributed by atoms with van der Waals surface area (Å²) in [5, 5.41) is 5.01. The molecule has 0 atom stereocenters. The van der Waals surface area contributed by atoms with E-state index in [2.05, 4.69) is 5.32 Å². The van der Waals surface area contributed by atoms with Gasteiger partial charge in [-0.15, -0.1) is 0 Å². The average Bonchev–Trinajstić information content (AvgIpc) is 2.79. The Hall–Kier alpha value is -0.240. The predicted molar refractivity (Wildman–Crippen MR) is 75.0 cm³/mol. The summed E-state index contributed by atoms with van der Waals surface area (Å²) in [6.45, 7) is 2.16. The van der Waals surface area contributed by atoms with Crippen LogP contribution in [0.4, 0.5) is 0 Å². The van der Waals surface area contributed by atoms with E-state index in [-0.39, 0.29) is 0 Å². The van der Waals surface area contributed by atoms with E-state index in [1.807, 2.05) is 18.2 Å². The van der Waals surface area contributed by atoms with Crippen molar-refractivity contribution in [2.24, 2.45) is 5.92 Å². The fourth-order valence-electron chi connectivity index (χ4n) is 2.47. The summed E-state index contributed by atoms with van der Waals surface area (Å²) in [6.07, 6.45) is 6.59. The molecule has 1 nitrogen and oxygen atoms in total. The van der Waals surface area contributed by atoms with Gasteiger partial charge in [0, 0.05) is 10.0 Å². The van der Waals surface area contributed by atoms with Crippen LogP contribution in [0.15, 0.2) is 18.2 Å². The molecule has 3 heteroatoms. The first-order valence-electron chi connectivity index (χ1n) is 6.40. The van der Waals surface area contributed by atoms with E-state index in [1.54, 1.807) is 0 Å². The zero-order valence-electron chi connectivity index (χ0n) is 10.0. The summed E-state index contributed by atoms with van der Waals surface area (Å²) < 4.78 is 0. The van der Waals surface area contributed by atoms with Crippen LogP contribution in [0.1, 0.15) is 31.2 Å². The number of hydrogen-bond donors (Lipinski definition) is 1. The fourth-order valence-corrected chi connectivity index (χ4v) is 2.97. The minimum absolute atomic E-state index is 0.706. The van der Waals surface area contributed by atoms with Gasteiger partial charge in [0.1, 0.15) is 0 Å². The van der Waals surface area contributed by atoms with Crippen LogP contribution in [0.5, 0.6) is 0 Å². The Morgan fingerprint density at radius 1 is 1.18 bits per heavy atom. The summed E-state index contributed by atoms with van der Waals surface area (Å²) in [4.78, 5) is 0. The SMILES string of the molecule is Clc1ccc(CCNCC2CCCC2)c(Cl)c1. The van der Waals surface area contributed by atoms with Crippen LogP contribution in [0.3, 0.4) is 0 Å². The molecule has 0 heterocycles. The Morgan fingerprint density at radius 2 is 1.94 bits per heavy atom. The third-order valence-electron chi connectivity index (χ3n) is 3.49. The van der Waals surface area contributed by atoms with Crippen molar-refractivity contribution in [3.05, 3.63) is 33.8 Å². The van der Waals surface area contributed by atoms with Gasteiger partial charge in [0.2, 0.25) is 0 Å².